The van der Waals surface area contributed by atoms with Crippen molar-refractivity contribution < 1.29 is 0 Å². The van der Waals surface area contributed by atoms with Crippen LogP contribution in [-0.4, -0.2) is 51.6 Å². The van der Waals surface area contributed by atoms with Gasteiger partial charge in [0.1, 0.15) is 0 Å². The van der Waals surface area contributed by atoms with Crippen LogP contribution in [0, 0.1) is 0 Å². The molecule has 0 saturated heterocycles. The Balaban J connectivity index is 1.16. The molecule has 10 heteroatoms. The van der Waals surface area contributed by atoms with Crippen LogP contribution in [-0.2, 0) is 0 Å². The summed E-state index contributed by atoms with van der Waals surface area (Å²) in [6.07, 6.45) is 14.8. The highest BCUT2D eigenvalue weighted by atomic mass is 15.3. The van der Waals surface area contributed by atoms with E-state index in [4.69, 9.17) is 0 Å². The van der Waals surface area contributed by atoms with Crippen LogP contribution < -0.4 is 10.6 Å². The summed E-state index contributed by atoms with van der Waals surface area (Å²) >= 11 is 0. The fourth-order valence-electron chi connectivity index (χ4n) is 3.65. The Hall–Kier alpha value is -3.82. The van der Waals surface area contributed by atoms with Crippen molar-refractivity contribution >= 4 is 11.9 Å². The van der Waals surface area contributed by atoms with E-state index in [1.165, 1.54) is 0 Å². The zero-order valence-corrected chi connectivity index (χ0v) is 16.3. The van der Waals surface area contributed by atoms with Gasteiger partial charge in [0.2, 0.25) is 11.9 Å². The molecule has 0 unspecified atom stereocenters. The van der Waals surface area contributed by atoms with E-state index in [-0.39, 0.29) is 0 Å². The van der Waals surface area contributed by atoms with Gasteiger partial charge in [-0.1, -0.05) is 0 Å². The number of nitrogens with zero attached hydrogens (tertiary/aromatic N) is 8. The predicted octanol–water partition coefficient (Wildman–Crippen LogP) is 2.47. The lowest BCUT2D eigenvalue weighted by Crippen LogP contribution is -2.33. The summed E-state index contributed by atoms with van der Waals surface area (Å²) in [5, 5.41) is 15.4. The molecule has 4 heterocycles. The molecular weight excluding hydrogens is 380 g/mol. The molecule has 0 aromatic carbocycles. The quantitative estimate of drug-likeness (QED) is 0.506. The number of rotatable bonds is 6. The van der Waals surface area contributed by atoms with Crippen molar-refractivity contribution in [2.75, 3.05) is 10.6 Å². The number of nitrogens with one attached hydrogen (secondary N) is 2. The maximum Gasteiger partial charge on any atom is 0.224 e. The summed E-state index contributed by atoms with van der Waals surface area (Å²) in [4.78, 5) is 17.8. The fourth-order valence-corrected chi connectivity index (χ4v) is 3.65. The molecule has 1 aliphatic carbocycles. The van der Waals surface area contributed by atoms with E-state index >= 15 is 0 Å². The first-order valence-electron chi connectivity index (χ1n) is 10.0. The Kier molecular flexibility index (Phi) is 5.03. The minimum Gasteiger partial charge on any atom is -0.351 e. The van der Waals surface area contributed by atoms with Crippen molar-refractivity contribution in [3.8, 4) is 11.6 Å². The molecule has 1 saturated carbocycles. The second-order valence-corrected chi connectivity index (χ2v) is 7.22. The molecule has 4 aromatic heterocycles. The molecule has 1 fully saturated rings. The van der Waals surface area contributed by atoms with E-state index in [0.29, 0.717) is 24.0 Å². The first-order valence-corrected chi connectivity index (χ1v) is 10.0. The molecule has 4 aromatic rings. The van der Waals surface area contributed by atoms with Crippen molar-refractivity contribution in [2.45, 2.75) is 37.8 Å². The van der Waals surface area contributed by atoms with Gasteiger partial charge in [-0.15, -0.1) is 0 Å². The third-order valence-corrected chi connectivity index (χ3v) is 5.15. The first-order chi connectivity index (χ1) is 14.8. The summed E-state index contributed by atoms with van der Waals surface area (Å²) in [6, 6.07) is 8.11. The largest absolute Gasteiger partial charge is 0.351 e. The van der Waals surface area contributed by atoms with E-state index in [1.54, 1.807) is 34.2 Å². The Morgan fingerprint density at radius 3 is 1.53 bits per heavy atom. The van der Waals surface area contributed by atoms with Gasteiger partial charge in [0, 0.05) is 61.4 Å². The molecule has 0 bridgehead atoms. The van der Waals surface area contributed by atoms with Gasteiger partial charge in [-0.3, -0.25) is 0 Å². The molecular formula is C20H22N10. The highest BCUT2D eigenvalue weighted by molar-refractivity contribution is 5.34. The summed E-state index contributed by atoms with van der Waals surface area (Å²) in [7, 11) is 0. The van der Waals surface area contributed by atoms with Gasteiger partial charge < -0.3 is 10.6 Å². The summed E-state index contributed by atoms with van der Waals surface area (Å²) in [6.45, 7) is 0. The van der Waals surface area contributed by atoms with Gasteiger partial charge in [-0.05, 0) is 37.8 Å². The number of hydrogen-bond acceptors (Lipinski definition) is 8. The van der Waals surface area contributed by atoms with E-state index in [9.17, 15) is 0 Å². The topological polar surface area (TPSA) is 111 Å². The third kappa shape index (κ3) is 4.12. The van der Waals surface area contributed by atoms with Crippen LogP contribution in [0.15, 0.2) is 61.4 Å². The van der Waals surface area contributed by atoms with E-state index in [2.05, 4.69) is 40.8 Å². The molecule has 1 aliphatic rings. The Morgan fingerprint density at radius 2 is 1.13 bits per heavy atom. The molecule has 10 nitrogen and oxygen atoms in total. The molecule has 152 valence electrons. The average Bonchev–Trinajstić information content (AvgIpc) is 3.50. The summed E-state index contributed by atoms with van der Waals surface area (Å²) in [5.41, 5.74) is 0. The van der Waals surface area contributed by atoms with Crippen molar-refractivity contribution in [1.29, 1.82) is 0 Å². The monoisotopic (exact) mass is 402 g/mol. The van der Waals surface area contributed by atoms with Crippen LogP contribution in [0.25, 0.3) is 11.6 Å². The van der Waals surface area contributed by atoms with E-state index in [0.717, 1.165) is 37.3 Å². The van der Waals surface area contributed by atoms with Crippen molar-refractivity contribution in [3.05, 3.63) is 61.4 Å². The Bertz CT molecular complexity index is 981. The Labute approximate surface area is 173 Å². The third-order valence-electron chi connectivity index (χ3n) is 5.15. The van der Waals surface area contributed by atoms with Crippen LogP contribution in [0.5, 0.6) is 0 Å². The Morgan fingerprint density at radius 1 is 0.667 bits per heavy atom. The maximum absolute atomic E-state index is 4.56. The maximum atomic E-state index is 4.56. The number of anilines is 2. The van der Waals surface area contributed by atoms with Crippen molar-refractivity contribution in [1.82, 2.24) is 39.5 Å². The lowest BCUT2D eigenvalue weighted by Gasteiger charge is -2.29. The van der Waals surface area contributed by atoms with Gasteiger partial charge >= 0.3 is 0 Å². The van der Waals surface area contributed by atoms with Gasteiger partial charge in [0.05, 0.1) is 0 Å². The predicted molar refractivity (Wildman–Crippen MR) is 112 cm³/mol. The lowest BCUT2D eigenvalue weighted by atomic mass is 9.91. The number of hydrogen-bond donors (Lipinski definition) is 2. The summed E-state index contributed by atoms with van der Waals surface area (Å²) < 4.78 is 3.45. The van der Waals surface area contributed by atoms with Crippen molar-refractivity contribution in [2.24, 2.45) is 0 Å². The fraction of sp³-hybridized carbons (Fsp3) is 0.300. The van der Waals surface area contributed by atoms with Crippen LogP contribution in [0.2, 0.25) is 0 Å². The molecule has 0 radical (unpaired) electrons. The summed E-state index contributed by atoms with van der Waals surface area (Å²) in [5.74, 6) is 2.77. The first kappa shape index (κ1) is 18.2. The minimum atomic E-state index is 0.340. The minimum absolute atomic E-state index is 0.340. The van der Waals surface area contributed by atoms with Gasteiger partial charge in [-0.2, -0.15) is 20.2 Å². The SMILES string of the molecule is c1cnn(-c2ccnc(NC3CCC(Nc4nccc(-n5cccn5)n4)CC3)n2)c1. The van der Waals surface area contributed by atoms with Crippen LogP contribution in [0.3, 0.4) is 0 Å². The molecule has 2 N–H and O–H groups in total. The molecule has 0 atom stereocenters. The zero-order chi connectivity index (χ0) is 20.2. The second-order valence-electron chi connectivity index (χ2n) is 7.22. The number of aromatic nitrogens is 8. The lowest BCUT2D eigenvalue weighted by molar-refractivity contribution is 0.426. The highest BCUT2D eigenvalue weighted by Crippen LogP contribution is 2.23. The standard InChI is InChI=1S/C20H22N10/c1-9-23-29(13-1)17-7-11-21-19(27-17)25-15-3-5-16(6-4-15)26-20-22-12-8-18(28-20)30-14-2-10-24-30/h1-2,7-16H,3-6H2,(H,21,25,27)(H,22,26,28). The van der Waals surface area contributed by atoms with Crippen LogP contribution in [0.4, 0.5) is 11.9 Å². The van der Waals surface area contributed by atoms with E-state index < -0.39 is 0 Å². The highest BCUT2D eigenvalue weighted by Gasteiger charge is 2.22. The van der Waals surface area contributed by atoms with Gasteiger partial charge in [-0.25, -0.2) is 19.3 Å². The van der Waals surface area contributed by atoms with E-state index in [1.807, 2.05) is 36.7 Å². The normalized spacial score (nSPS) is 18.8. The molecule has 0 aliphatic heterocycles. The van der Waals surface area contributed by atoms with Crippen molar-refractivity contribution in [3.63, 3.8) is 0 Å². The van der Waals surface area contributed by atoms with Crippen LogP contribution in [0.1, 0.15) is 25.7 Å². The molecule has 0 spiro atoms. The molecule has 30 heavy (non-hydrogen) atoms. The van der Waals surface area contributed by atoms with Crippen LogP contribution >= 0.6 is 0 Å². The molecule has 5 rings (SSSR count). The molecule has 0 amide bonds. The zero-order valence-electron chi connectivity index (χ0n) is 16.3. The average molecular weight is 402 g/mol. The van der Waals surface area contributed by atoms with Gasteiger partial charge in [0.25, 0.3) is 0 Å². The van der Waals surface area contributed by atoms with Gasteiger partial charge in [0.15, 0.2) is 11.6 Å². The smallest absolute Gasteiger partial charge is 0.224 e. The second kappa shape index (κ2) is 8.27.